The highest BCUT2D eigenvalue weighted by Gasteiger charge is 2.41. The highest BCUT2D eigenvalue weighted by molar-refractivity contribution is 5.93. The molecule has 1 fully saturated rings. The quantitative estimate of drug-likeness (QED) is 0.627. The lowest BCUT2D eigenvalue weighted by Gasteiger charge is -2.35. The van der Waals surface area contributed by atoms with Gasteiger partial charge in [-0.05, 0) is 25.5 Å². The number of esters is 2. The Balaban J connectivity index is 2.16. The number of rotatable bonds is 9. The van der Waals surface area contributed by atoms with E-state index in [9.17, 15) is 19.2 Å². The van der Waals surface area contributed by atoms with Crippen molar-refractivity contribution in [1.29, 1.82) is 0 Å². The Morgan fingerprint density at radius 2 is 1.90 bits per heavy atom. The van der Waals surface area contributed by atoms with Crippen LogP contribution in [0.5, 0.6) is 0 Å². The van der Waals surface area contributed by atoms with Gasteiger partial charge in [0.1, 0.15) is 6.54 Å². The summed E-state index contributed by atoms with van der Waals surface area (Å²) in [5, 5.41) is 2.47. The van der Waals surface area contributed by atoms with Crippen LogP contribution in [0.3, 0.4) is 0 Å². The van der Waals surface area contributed by atoms with Gasteiger partial charge in [-0.15, -0.1) is 0 Å². The summed E-state index contributed by atoms with van der Waals surface area (Å²) in [7, 11) is 0. The van der Waals surface area contributed by atoms with Crippen LogP contribution < -0.4 is 5.32 Å². The Hall–Kier alpha value is -2.90. The first-order chi connectivity index (χ1) is 13.7. The number of hydrogen-bond donors (Lipinski definition) is 1. The number of benzene rings is 1. The molecule has 2 rings (SSSR count). The van der Waals surface area contributed by atoms with Gasteiger partial charge in [-0.25, -0.2) is 4.79 Å². The number of ether oxygens (including phenoxy) is 2. The molecule has 1 aromatic carbocycles. The highest BCUT2D eigenvalue weighted by Crippen LogP contribution is 2.28. The molecular weight excluding hydrogens is 376 g/mol. The van der Waals surface area contributed by atoms with Crippen LogP contribution in [0.4, 0.5) is 0 Å². The Bertz CT molecular complexity index is 747. The standard InChI is InChI=1S/C21H28N2O6/c1-4-28-17(25)13-22-19(26)18(29-20(27)15-9-6-5-7-10-15)21(2,3)14-23-12-8-11-16(23)24/h5-7,9-10,18H,4,8,11-14H2,1-3H3,(H,22,26)/t18-/m0/s1. The van der Waals surface area contributed by atoms with Gasteiger partial charge in [-0.1, -0.05) is 32.0 Å². The lowest BCUT2D eigenvalue weighted by Crippen LogP contribution is -2.52. The van der Waals surface area contributed by atoms with Crippen molar-refractivity contribution in [2.24, 2.45) is 5.41 Å². The molecule has 0 unspecified atom stereocenters. The molecule has 0 aliphatic carbocycles. The molecule has 8 nitrogen and oxygen atoms in total. The monoisotopic (exact) mass is 404 g/mol. The molecule has 1 saturated heterocycles. The second-order valence-corrected chi connectivity index (χ2v) is 7.58. The Morgan fingerprint density at radius 1 is 1.21 bits per heavy atom. The van der Waals surface area contributed by atoms with Gasteiger partial charge in [0.15, 0.2) is 6.10 Å². The maximum Gasteiger partial charge on any atom is 0.338 e. The predicted molar refractivity (Wildman–Crippen MR) is 105 cm³/mol. The predicted octanol–water partition coefficient (Wildman–Crippen LogP) is 1.54. The lowest BCUT2D eigenvalue weighted by atomic mass is 9.85. The summed E-state index contributed by atoms with van der Waals surface area (Å²) in [5.41, 5.74) is -0.563. The van der Waals surface area contributed by atoms with Crippen LogP contribution in [-0.2, 0) is 23.9 Å². The Kier molecular flexibility index (Phi) is 7.75. The second kappa shape index (κ2) is 10.0. The number of likely N-dealkylation sites (tertiary alicyclic amines) is 1. The molecule has 0 aromatic heterocycles. The normalized spacial score (nSPS) is 15.0. The van der Waals surface area contributed by atoms with Crippen LogP contribution in [0.1, 0.15) is 44.0 Å². The van der Waals surface area contributed by atoms with Crippen molar-refractivity contribution in [3.05, 3.63) is 35.9 Å². The zero-order valence-corrected chi connectivity index (χ0v) is 17.1. The van der Waals surface area contributed by atoms with Crippen LogP contribution >= 0.6 is 0 Å². The van der Waals surface area contributed by atoms with E-state index in [1.54, 1.807) is 56.0 Å². The Morgan fingerprint density at radius 3 is 2.48 bits per heavy atom. The number of hydrogen-bond acceptors (Lipinski definition) is 6. The van der Waals surface area contributed by atoms with E-state index in [2.05, 4.69) is 5.32 Å². The SMILES string of the molecule is CCOC(=O)CNC(=O)[C@H](OC(=O)c1ccccc1)C(C)(C)CN1CCCC1=O. The average Bonchev–Trinajstić information content (AvgIpc) is 3.08. The fraction of sp³-hybridized carbons (Fsp3) is 0.524. The van der Waals surface area contributed by atoms with Gasteiger partial charge in [0.2, 0.25) is 5.91 Å². The van der Waals surface area contributed by atoms with E-state index in [4.69, 9.17) is 9.47 Å². The van der Waals surface area contributed by atoms with E-state index < -0.39 is 29.4 Å². The molecule has 8 heteroatoms. The first kappa shape index (κ1) is 22.4. The fourth-order valence-corrected chi connectivity index (χ4v) is 3.23. The summed E-state index contributed by atoms with van der Waals surface area (Å²) in [6.45, 7) is 5.91. The van der Waals surface area contributed by atoms with Crippen molar-refractivity contribution < 1.29 is 28.7 Å². The fourth-order valence-electron chi connectivity index (χ4n) is 3.23. The van der Waals surface area contributed by atoms with Gasteiger partial charge in [0.25, 0.3) is 5.91 Å². The molecule has 0 saturated carbocycles. The summed E-state index contributed by atoms with van der Waals surface area (Å²) in [6.07, 6.45) is 0.0379. The highest BCUT2D eigenvalue weighted by atomic mass is 16.6. The van der Waals surface area contributed by atoms with Crippen molar-refractivity contribution >= 4 is 23.8 Å². The average molecular weight is 404 g/mol. The van der Waals surface area contributed by atoms with E-state index in [1.807, 2.05) is 0 Å². The van der Waals surface area contributed by atoms with E-state index in [-0.39, 0.29) is 25.6 Å². The van der Waals surface area contributed by atoms with Crippen LogP contribution in [0, 0.1) is 5.41 Å². The number of nitrogens with one attached hydrogen (secondary N) is 1. The van der Waals surface area contributed by atoms with Gasteiger partial charge in [0, 0.05) is 24.9 Å². The summed E-state index contributed by atoms with van der Waals surface area (Å²) < 4.78 is 10.4. The molecule has 1 aliphatic rings. The van der Waals surface area contributed by atoms with Crippen molar-refractivity contribution in [2.45, 2.75) is 39.7 Å². The molecule has 158 valence electrons. The van der Waals surface area contributed by atoms with Gasteiger partial charge in [-0.2, -0.15) is 0 Å². The van der Waals surface area contributed by atoms with E-state index in [0.29, 0.717) is 18.5 Å². The van der Waals surface area contributed by atoms with Crippen molar-refractivity contribution in [3.8, 4) is 0 Å². The van der Waals surface area contributed by atoms with Crippen molar-refractivity contribution in [1.82, 2.24) is 10.2 Å². The van der Waals surface area contributed by atoms with Crippen LogP contribution in [0.25, 0.3) is 0 Å². The third-order valence-electron chi connectivity index (χ3n) is 4.66. The molecule has 1 N–H and O–H groups in total. The van der Waals surface area contributed by atoms with Gasteiger partial charge >= 0.3 is 11.9 Å². The largest absolute Gasteiger partial charge is 0.465 e. The smallest absolute Gasteiger partial charge is 0.338 e. The summed E-state index contributed by atoms with van der Waals surface area (Å²) in [6, 6.07) is 8.34. The number of carbonyl (C=O) groups is 4. The molecule has 0 radical (unpaired) electrons. The lowest BCUT2D eigenvalue weighted by molar-refractivity contribution is -0.146. The zero-order valence-electron chi connectivity index (χ0n) is 17.1. The van der Waals surface area contributed by atoms with E-state index in [1.165, 1.54) is 0 Å². The molecule has 29 heavy (non-hydrogen) atoms. The zero-order chi connectivity index (χ0) is 21.4. The molecular formula is C21H28N2O6. The molecule has 2 amide bonds. The molecule has 1 atom stereocenters. The molecule has 1 heterocycles. The molecule has 0 spiro atoms. The van der Waals surface area contributed by atoms with Gasteiger partial charge < -0.3 is 19.7 Å². The minimum Gasteiger partial charge on any atom is -0.465 e. The first-order valence-corrected chi connectivity index (χ1v) is 9.71. The minimum absolute atomic E-state index is 0.0122. The number of carbonyl (C=O) groups excluding carboxylic acids is 4. The molecule has 1 aliphatic heterocycles. The summed E-state index contributed by atoms with van der Waals surface area (Å²) in [4.78, 5) is 50.7. The second-order valence-electron chi connectivity index (χ2n) is 7.58. The first-order valence-electron chi connectivity index (χ1n) is 9.71. The van der Waals surface area contributed by atoms with Crippen LogP contribution in [-0.4, -0.2) is 61.0 Å². The number of nitrogens with zero attached hydrogens (tertiary/aromatic N) is 1. The van der Waals surface area contributed by atoms with E-state index >= 15 is 0 Å². The summed E-state index contributed by atoms with van der Waals surface area (Å²) >= 11 is 0. The van der Waals surface area contributed by atoms with Gasteiger partial charge in [0.05, 0.1) is 12.2 Å². The maximum atomic E-state index is 12.8. The maximum absolute atomic E-state index is 12.8. The molecule has 0 bridgehead atoms. The van der Waals surface area contributed by atoms with E-state index in [0.717, 1.165) is 6.42 Å². The topological polar surface area (TPSA) is 102 Å². The van der Waals surface area contributed by atoms with Crippen molar-refractivity contribution in [3.63, 3.8) is 0 Å². The minimum atomic E-state index is -1.20. The molecule has 1 aromatic rings. The Labute approximate surface area is 170 Å². The third-order valence-corrected chi connectivity index (χ3v) is 4.66. The summed E-state index contributed by atoms with van der Waals surface area (Å²) in [5.74, 6) is -1.83. The van der Waals surface area contributed by atoms with Gasteiger partial charge in [-0.3, -0.25) is 14.4 Å². The van der Waals surface area contributed by atoms with Crippen LogP contribution in [0.15, 0.2) is 30.3 Å². The number of amides is 2. The van der Waals surface area contributed by atoms with Crippen molar-refractivity contribution in [2.75, 3.05) is 26.2 Å². The van der Waals surface area contributed by atoms with Crippen LogP contribution in [0.2, 0.25) is 0 Å². The third kappa shape index (κ3) is 6.30.